The maximum absolute atomic E-state index is 12.8. The van der Waals surface area contributed by atoms with Crippen molar-refractivity contribution < 1.29 is 9.53 Å². The highest BCUT2D eigenvalue weighted by Crippen LogP contribution is 2.16. The molecule has 1 unspecified atom stereocenters. The van der Waals surface area contributed by atoms with Gasteiger partial charge in [-0.3, -0.25) is 4.40 Å². The van der Waals surface area contributed by atoms with Crippen molar-refractivity contribution in [2.24, 2.45) is 0 Å². The summed E-state index contributed by atoms with van der Waals surface area (Å²) < 4.78 is 7.59. The molecule has 0 saturated carbocycles. The Kier molecular flexibility index (Phi) is 5.12. The van der Waals surface area contributed by atoms with Crippen molar-refractivity contribution in [2.45, 2.75) is 32.0 Å². The Morgan fingerprint density at radius 2 is 2.35 bits per heavy atom. The number of fused-ring (bicyclic) bond motifs is 1. The lowest BCUT2D eigenvalue weighted by atomic mass is 10.2. The van der Waals surface area contributed by atoms with Crippen molar-refractivity contribution in [1.29, 1.82) is 0 Å². The molecule has 1 aliphatic rings. The summed E-state index contributed by atoms with van der Waals surface area (Å²) in [7, 11) is 0. The van der Waals surface area contributed by atoms with Crippen LogP contribution in [0.4, 0.5) is 4.79 Å². The number of nitrogens with zero attached hydrogens (tertiary/aromatic N) is 4. The van der Waals surface area contributed by atoms with Crippen LogP contribution >= 0.6 is 11.3 Å². The van der Waals surface area contributed by atoms with Gasteiger partial charge in [0.25, 0.3) is 0 Å². The van der Waals surface area contributed by atoms with E-state index >= 15 is 0 Å². The zero-order chi connectivity index (χ0) is 17.8. The number of rotatable bonds is 6. The van der Waals surface area contributed by atoms with Crippen LogP contribution in [-0.4, -0.2) is 44.8 Å². The summed E-state index contributed by atoms with van der Waals surface area (Å²) >= 11 is 1.64. The molecule has 3 aromatic rings. The third kappa shape index (κ3) is 3.86. The molecular weight excluding hydrogens is 350 g/mol. The molecule has 136 valence electrons. The van der Waals surface area contributed by atoms with Crippen molar-refractivity contribution in [1.82, 2.24) is 24.8 Å². The molecule has 26 heavy (non-hydrogen) atoms. The van der Waals surface area contributed by atoms with E-state index < -0.39 is 0 Å². The van der Waals surface area contributed by atoms with Crippen LogP contribution in [-0.2, 0) is 17.8 Å². The van der Waals surface area contributed by atoms with Crippen molar-refractivity contribution in [3.8, 4) is 0 Å². The number of ether oxygens (including phenoxy) is 1. The summed E-state index contributed by atoms with van der Waals surface area (Å²) in [6.45, 7) is 2.29. The van der Waals surface area contributed by atoms with Gasteiger partial charge in [0.15, 0.2) is 11.5 Å². The Bertz CT molecular complexity index is 857. The van der Waals surface area contributed by atoms with Gasteiger partial charge < -0.3 is 15.0 Å². The van der Waals surface area contributed by atoms with E-state index in [-0.39, 0.29) is 12.1 Å². The molecule has 0 aliphatic carbocycles. The van der Waals surface area contributed by atoms with Crippen LogP contribution in [0.1, 0.15) is 24.2 Å². The standard InChI is InChI=1S/C18H21N5O2S/c24-18(19-10-17-21-20-16-5-1-2-7-23(16)17)22(11-14-6-9-26-13-14)12-15-4-3-8-25-15/h1-2,5-7,9,13,15H,3-4,8,10-12H2,(H,19,24). The van der Waals surface area contributed by atoms with Gasteiger partial charge in [-0.2, -0.15) is 11.3 Å². The first-order valence-electron chi connectivity index (χ1n) is 8.74. The summed E-state index contributed by atoms with van der Waals surface area (Å²) in [6, 6.07) is 7.66. The lowest BCUT2D eigenvalue weighted by molar-refractivity contribution is 0.0794. The minimum absolute atomic E-state index is 0.112. The zero-order valence-electron chi connectivity index (χ0n) is 14.4. The second-order valence-electron chi connectivity index (χ2n) is 6.35. The second kappa shape index (κ2) is 7.84. The van der Waals surface area contributed by atoms with Crippen LogP contribution in [0.2, 0.25) is 0 Å². The van der Waals surface area contributed by atoms with Gasteiger partial charge in [-0.1, -0.05) is 6.07 Å². The fourth-order valence-corrected chi connectivity index (χ4v) is 3.79. The molecule has 3 aromatic heterocycles. The van der Waals surface area contributed by atoms with Crippen molar-refractivity contribution in [2.75, 3.05) is 13.2 Å². The molecular formula is C18H21N5O2S. The predicted molar refractivity (Wildman–Crippen MR) is 98.9 cm³/mol. The first-order valence-corrected chi connectivity index (χ1v) is 9.68. The van der Waals surface area contributed by atoms with Crippen LogP contribution in [0.3, 0.4) is 0 Å². The first-order chi connectivity index (χ1) is 12.8. The molecule has 1 aliphatic heterocycles. The van der Waals surface area contributed by atoms with Crippen molar-refractivity contribution in [3.63, 3.8) is 0 Å². The Balaban J connectivity index is 1.42. The molecule has 0 radical (unpaired) electrons. The number of thiophene rings is 1. The molecule has 1 fully saturated rings. The van der Waals surface area contributed by atoms with Crippen LogP contribution in [0.15, 0.2) is 41.2 Å². The SMILES string of the molecule is O=C(NCc1nnc2ccccn12)N(Cc1ccsc1)CC1CCCO1. The van der Waals surface area contributed by atoms with Crippen molar-refractivity contribution in [3.05, 3.63) is 52.6 Å². The first kappa shape index (κ1) is 17.0. The van der Waals surface area contributed by atoms with E-state index in [9.17, 15) is 4.79 Å². The number of urea groups is 1. The van der Waals surface area contributed by atoms with E-state index in [4.69, 9.17) is 4.74 Å². The number of carbonyl (C=O) groups is 1. The van der Waals surface area contributed by atoms with E-state index in [0.29, 0.717) is 25.5 Å². The van der Waals surface area contributed by atoms with Crippen LogP contribution in [0.5, 0.6) is 0 Å². The van der Waals surface area contributed by atoms with Crippen LogP contribution < -0.4 is 5.32 Å². The minimum Gasteiger partial charge on any atom is -0.376 e. The van der Waals surface area contributed by atoms with Gasteiger partial charge in [-0.25, -0.2) is 4.79 Å². The van der Waals surface area contributed by atoms with E-state index in [1.165, 1.54) is 0 Å². The van der Waals surface area contributed by atoms with Gasteiger partial charge in [-0.15, -0.1) is 10.2 Å². The predicted octanol–water partition coefficient (Wildman–Crippen LogP) is 2.68. The van der Waals surface area contributed by atoms with Gasteiger partial charge >= 0.3 is 6.03 Å². The quantitative estimate of drug-likeness (QED) is 0.723. The summed E-state index contributed by atoms with van der Waals surface area (Å²) in [4.78, 5) is 14.6. The monoisotopic (exact) mass is 371 g/mol. The molecule has 4 rings (SSSR count). The molecule has 8 heteroatoms. The molecule has 0 bridgehead atoms. The fraction of sp³-hybridized carbons (Fsp3) is 0.389. The number of nitrogens with one attached hydrogen (secondary N) is 1. The van der Waals surface area contributed by atoms with Gasteiger partial charge in [0.2, 0.25) is 0 Å². The lowest BCUT2D eigenvalue weighted by Crippen LogP contribution is -2.43. The number of hydrogen-bond donors (Lipinski definition) is 1. The third-order valence-electron chi connectivity index (χ3n) is 4.47. The third-order valence-corrected chi connectivity index (χ3v) is 5.20. The van der Waals surface area contributed by atoms with E-state index in [0.717, 1.165) is 30.7 Å². The molecule has 2 amide bonds. The highest BCUT2D eigenvalue weighted by Gasteiger charge is 2.23. The highest BCUT2D eigenvalue weighted by molar-refractivity contribution is 7.07. The Hall–Kier alpha value is -2.45. The van der Waals surface area contributed by atoms with E-state index in [2.05, 4.69) is 20.9 Å². The number of hydrogen-bond acceptors (Lipinski definition) is 5. The molecule has 1 saturated heterocycles. The number of pyridine rings is 1. The highest BCUT2D eigenvalue weighted by atomic mass is 32.1. The average molecular weight is 371 g/mol. The normalized spacial score (nSPS) is 16.8. The number of aromatic nitrogens is 3. The number of carbonyl (C=O) groups excluding carboxylic acids is 1. The second-order valence-corrected chi connectivity index (χ2v) is 7.13. The van der Waals surface area contributed by atoms with Gasteiger partial charge in [0.1, 0.15) is 0 Å². The Morgan fingerprint density at radius 3 is 3.15 bits per heavy atom. The van der Waals surface area contributed by atoms with Gasteiger partial charge in [-0.05, 0) is 47.4 Å². The van der Waals surface area contributed by atoms with Gasteiger partial charge in [0.05, 0.1) is 12.6 Å². The zero-order valence-corrected chi connectivity index (χ0v) is 15.2. The largest absolute Gasteiger partial charge is 0.376 e. The summed E-state index contributed by atoms with van der Waals surface area (Å²) in [6.07, 6.45) is 4.08. The summed E-state index contributed by atoms with van der Waals surface area (Å²) in [5, 5.41) is 15.4. The van der Waals surface area contributed by atoms with Gasteiger partial charge in [0, 0.05) is 25.9 Å². The lowest BCUT2D eigenvalue weighted by Gasteiger charge is -2.25. The molecule has 7 nitrogen and oxygen atoms in total. The van der Waals surface area contributed by atoms with Crippen molar-refractivity contribution >= 4 is 23.0 Å². The summed E-state index contributed by atoms with van der Waals surface area (Å²) in [5.74, 6) is 0.710. The molecule has 0 aromatic carbocycles. The van der Waals surface area contributed by atoms with Crippen LogP contribution in [0.25, 0.3) is 5.65 Å². The minimum atomic E-state index is -0.112. The Morgan fingerprint density at radius 1 is 1.38 bits per heavy atom. The van der Waals surface area contributed by atoms with Crippen LogP contribution in [0, 0.1) is 0 Å². The molecule has 1 atom stereocenters. The molecule has 1 N–H and O–H groups in total. The van der Waals surface area contributed by atoms with E-state index in [1.807, 2.05) is 45.1 Å². The fourth-order valence-electron chi connectivity index (χ4n) is 3.13. The topological polar surface area (TPSA) is 71.8 Å². The summed E-state index contributed by atoms with van der Waals surface area (Å²) in [5.41, 5.74) is 1.90. The molecule has 0 spiro atoms. The smallest absolute Gasteiger partial charge is 0.318 e. The molecule has 4 heterocycles. The van der Waals surface area contributed by atoms with E-state index in [1.54, 1.807) is 11.3 Å². The average Bonchev–Trinajstić information content (AvgIpc) is 3.41. The Labute approximate surface area is 155 Å². The number of amides is 2. The maximum Gasteiger partial charge on any atom is 0.318 e. The maximum atomic E-state index is 12.8.